The van der Waals surface area contributed by atoms with E-state index in [1.165, 1.54) is 21.8 Å². The van der Waals surface area contributed by atoms with Crippen LogP contribution in [0.25, 0.3) is 0 Å². The molecule has 24 heavy (non-hydrogen) atoms. The van der Waals surface area contributed by atoms with Crippen molar-refractivity contribution >= 4 is 27.3 Å². The van der Waals surface area contributed by atoms with Crippen LogP contribution >= 0.6 is 11.3 Å². The van der Waals surface area contributed by atoms with Crippen LogP contribution in [0.2, 0.25) is 0 Å². The first-order valence-electron chi connectivity index (χ1n) is 7.74. The van der Waals surface area contributed by atoms with E-state index in [1.807, 2.05) is 13.0 Å². The molecule has 0 N–H and O–H groups in total. The molecule has 8 heteroatoms. The van der Waals surface area contributed by atoms with Gasteiger partial charge in [0.1, 0.15) is 4.21 Å². The number of carbonyl (C=O) groups is 1. The lowest BCUT2D eigenvalue weighted by molar-refractivity contribution is 0.0764. The molecule has 1 fully saturated rings. The molecule has 3 rings (SSSR count). The van der Waals surface area contributed by atoms with E-state index in [-0.39, 0.29) is 5.91 Å². The van der Waals surface area contributed by atoms with Gasteiger partial charge in [-0.3, -0.25) is 9.78 Å². The number of nitrogens with zero attached hydrogens (tertiary/aromatic N) is 3. The van der Waals surface area contributed by atoms with Crippen LogP contribution in [-0.2, 0) is 10.0 Å². The maximum atomic E-state index is 12.7. The van der Waals surface area contributed by atoms with Crippen molar-refractivity contribution in [2.75, 3.05) is 26.2 Å². The Kier molecular flexibility index (Phi) is 4.98. The van der Waals surface area contributed by atoms with Crippen LogP contribution in [0.3, 0.4) is 0 Å². The van der Waals surface area contributed by atoms with Gasteiger partial charge in [-0.2, -0.15) is 4.31 Å². The van der Waals surface area contributed by atoms with Gasteiger partial charge in [0.05, 0.1) is 5.56 Å². The van der Waals surface area contributed by atoms with Crippen molar-refractivity contribution in [1.29, 1.82) is 0 Å². The van der Waals surface area contributed by atoms with E-state index in [0.29, 0.717) is 42.4 Å². The van der Waals surface area contributed by atoms with Crippen molar-refractivity contribution in [2.24, 2.45) is 0 Å². The van der Waals surface area contributed by atoms with Gasteiger partial charge in [0.15, 0.2) is 0 Å². The third-order valence-corrected chi connectivity index (χ3v) is 7.33. The fourth-order valence-corrected chi connectivity index (χ4v) is 5.59. The SMILES string of the molecule is Cc1ccc(S(=O)(=O)N2CCCN(C(=O)c3cccnc3)CC2)s1. The van der Waals surface area contributed by atoms with Gasteiger partial charge in [-0.05, 0) is 37.6 Å². The second-order valence-electron chi connectivity index (χ2n) is 5.66. The standard InChI is InChI=1S/C16H19N3O3S2/c1-13-5-6-15(23-13)24(21,22)19-9-3-8-18(10-11-19)16(20)14-4-2-7-17-12-14/h2,4-7,12H,3,8-11H2,1H3. The monoisotopic (exact) mass is 365 g/mol. The predicted octanol–water partition coefficient (Wildman–Crippen LogP) is 1.99. The molecule has 0 atom stereocenters. The number of sulfonamides is 1. The normalized spacial score (nSPS) is 16.8. The van der Waals surface area contributed by atoms with Crippen LogP contribution in [-0.4, -0.2) is 54.7 Å². The van der Waals surface area contributed by atoms with E-state index in [9.17, 15) is 13.2 Å². The Morgan fingerprint density at radius 1 is 1.17 bits per heavy atom. The van der Waals surface area contributed by atoms with Gasteiger partial charge < -0.3 is 4.90 Å². The molecular formula is C16H19N3O3S2. The first-order chi connectivity index (χ1) is 11.5. The molecule has 6 nitrogen and oxygen atoms in total. The largest absolute Gasteiger partial charge is 0.337 e. The number of pyridine rings is 1. The zero-order chi connectivity index (χ0) is 17.2. The molecule has 0 bridgehead atoms. The van der Waals surface area contributed by atoms with Crippen LogP contribution in [0, 0.1) is 6.92 Å². The molecule has 0 radical (unpaired) electrons. The fraction of sp³-hybridized carbons (Fsp3) is 0.375. The highest BCUT2D eigenvalue weighted by atomic mass is 32.2. The quantitative estimate of drug-likeness (QED) is 0.834. The zero-order valence-corrected chi connectivity index (χ0v) is 15.0. The number of aryl methyl sites for hydroxylation is 1. The molecule has 128 valence electrons. The van der Waals surface area contributed by atoms with Crippen molar-refractivity contribution in [3.8, 4) is 0 Å². The first kappa shape index (κ1) is 17.1. The Balaban J connectivity index is 1.72. The number of aromatic nitrogens is 1. The highest BCUT2D eigenvalue weighted by Gasteiger charge is 2.29. The summed E-state index contributed by atoms with van der Waals surface area (Å²) in [7, 11) is -3.48. The summed E-state index contributed by atoms with van der Waals surface area (Å²) in [5.41, 5.74) is 0.530. The second kappa shape index (κ2) is 7.00. The molecule has 0 aromatic carbocycles. The van der Waals surface area contributed by atoms with Gasteiger partial charge >= 0.3 is 0 Å². The van der Waals surface area contributed by atoms with Crippen LogP contribution < -0.4 is 0 Å². The summed E-state index contributed by atoms with van der Waals surface area (Å²) < 4.78 is 27.3. The van der Waals surface area contributed by atoms with Gasteiger partial charge in [0.25, 0.3) is 15.9 Å². The Morgan fingerprint density at radius 3 is 2.67 bits per heavy atom. The Hall–Kier alpha value is -1.77. The number of carbonyl (C=O) groups excluding carboxylic acids is 1. The third kappa shape index (κ3) is 3.50. The molecule has 0 aliphatic carbocycles. The fourth-order valence-electron chi connectivity index (χ4n) is 2.69. The van der Waals surface area contributed by atoms with E-state index in [4.69, 9.17) is 0 Å². The number of hydrogen-bond donors (Lipinski definition) is 0. The van der Waals surface area contributed by atoms with E-state index in [0.717, 1.165) is 4.88 Å². The smallest absolute Gasteiger partial charge is 0.255 e. The summed E-state index contributed by atoms with van der Waals surface area (Å²) in [5.74, 6) is -0.102. The van der Waals surface area contributed by atoms with Crippen LogP contribution in [0.5, 0.6) is 0 Å². The Labute approximate surface area is 145 Å². The number of thiophene rings is 1. The molecule has 2 aromatic heterocycles. The Bertz CT molecular complexity index is 818. The zero-order valence-electron chi connectivity index (χ0n) is 13.4. The third-order valence-electron chi connectivity index (χ3n) is 3.96. The summed E-state index contributed by atoms with van der Waals surface area (Å²) in [6.07, 6.45) is 3.78. The average Bonchev–Trinajstić information content (AvgIpc) is 2.88. The highest BCUT2D eigenvalue weighted by molar-refractivity contribution is 7.91. The second-order valence-corrected chi connectivity index (χ2v) is 9.11. The van der Waals surface area contributed by atoms with Gasteiger partial charge in [-0.1, -0.05) is 0 Å². The minimum absolute atomic E-state index is 0.102. The van der Waals surface area contributed by atoms with Crippen molar-refractivity contribution in [3.63, 3.8) is 0 Å². The Morgan fingerprint density at radius 2 is 2.00 bits per heavy atom. The van der Waals surface area contributed by atoms with Crippen molar-refractivity contribution in [3.05, 3.63) is 47.1 Å². The lowest BCUT2D eigenvalue weighted by atomic mass is 10.2. The van der Waals surface area contributed by atoms with Crippen molar-refractivity contribution in [1.82, 2.24) is 14.2 Å². The first-order valence-corrected chi connectivity index (χ1v) is 10.00. The average molecular weight is 365 g/mol. The molecular weight excluding hydrogens is 346 g/mol. The summed E-state index contributed by atoms with van der Waals surface area (Å²) in [6, 6.07) is 6.91. The number of rotatable bonds is 3. The van der Waals surface area contributed by atoms with Gasteiger partial charge in [-0.15, -0.1) is 11.3 Å². The minimum atomic E-state index is -3.48. The van der Waals surface area contributed by atoms with E-state index in [1.54, 1.807) is 29.3 Å². The van der Waals surface area contributed by atoms with Gasteiger partial charge in [0, 0.05) is 43.4 Å². The number of amides is 1. The molecule has 1 saturated heterocycles. The molecule has 1 aliphatic rings. The van der Waals surface area contributed by atoms with Gasteiger partial charge in [-0.25, -0.2) is 8.42 Å². The van der Waals surface area contributed by atoms with E-state index in [2.05, 4.69) is 4.98 Å². The summed E-state index contributed by atoms with van der Waals surface area (Å²) in [5, 5.41) is 0. The predicted molar refractivity (Wildman–Crippen MR) is 92.6 cm³/mol. The number of hydrogen-bond acceptors (Lipinski definition) is 5. The lowest BCUT2D eigenvalue weighted by Gasteiger charge is -2.21. The molecule has 0 spiro atoms. The van der Waals surface area contributed by atoms with Crippen LogP contribution in [0.15, 0.2) is 40.9 Å². The maximum absolute atomic E-state index is 12.7. The van der Waals surface area contributed by atoms with Gasteiger partial charge in [0.2, 0.25) is 0 Å². The minimum Gasteiger partial charge on any atom is -0.337 e. The van der Waals surface area contributed by atoms with Crippen LogP contribution in [0.1, 0.15) is 21.7 Å². The molecule has 3 heterocycles. The highest BCUT2D eigenvalue weighted by Crippen LogP contribution is 2.25. The van der Waals surface area contributed by atoms with Crippen molar-refractivity contribution < 1.29 is 13.2 Å². The van der Waals surface area contributed by atoms with E-state index < -0.39 is 10.0 Å². The molecule has 2 aromatic rings. The maximum Gasteiger partial charge on any atom is 0.255 e. The molecule has 1 amide bonds. The summed E-state index contributed by atoms with van der Waals surface area (Å²) in [4.78, 5) is 19.1. The summed E-state index contributed by atoms with van der Waals surface area (Å²) >= 11 is 1.28. The lowest BCUT2D eigenvalue weighted by Crippen LogP contribution is -2.37. The topological polar surface area (TPSA) is 70.6 Å². The molecule has 1 aliphatic heterocycles. The molecule has 0 unspecified atom stereocenters. The molecule has 0 saturated carbocycles. The van der Waals surface area contributed by atoms with E-state index >= 15 is 0 Å². The van der Waals surface area contributed by atoms with Crippen molar-refractivity contribution in [2.45, 2.75) is 17.6 Å². The van der Waals surface area contributed by atoms with Crippen LogP contribution in [0.4, 0.5) is 0 Å². The summed E-state index contributed by atoms with van der Waals surface area (Å²) in [6.45, 7) is 3.56.